The van der Waals surface area contributed by atoms with Crippen molar-refractivity contribution in [3.63, 3.8) is 0 Å². The fourth-order valence-electron chi connectivity index (χ4n) is 1.20. The molecule has 19 heavy (non-hydrogen) atoms. The zero-order chi connectivity index (χ0) is 15.5. The molecule has 2 N–H and O–H groups in total. The fourth-order valence-corrected chi connectivity index (χ4v) is 1.20. The number of carbonyl (C=O) groups is 1. The first-order valence-corrected chi connectivity index (χ1v) is 5.08. The maximum absolute atomic E-state index is 12.2. The molecule has 4 nitrogen and oxygen atoms in total. The van der Waals surface area contributed by atoms with Crippen LogP contribution in [0.25, 0.3) is 0 Å². The van der Waals surface area contributed by atoms with Gasteiger partial charge in [-0.15, -0.1) is 0 Å². The van der Waals surface area contributed by atoms with Crippen molar-refractivity contribution < 1.29 is 41.0 Å². The van der Waals surface area contributed by atoms with Gasteiger partial charge in [0.25, 0.3) is 0 Å². The summed E-state index contributed by atoms with van der Waals surface area (Å²) in [6.07, 6.45) is -15.3. The zero-order valence-electron chi connectivity index (χ0n) is 10.0. The largest absolute Gasteiger partial charge is 0.480 e. The van der Waals surface area contributed by atoms with Gasteiger partial charge in [-0.1, -0.05) is 6.92 Å². The number of ether oxygens (including phenoxy) is 1. The fraction of sp³-hybridized carbons (Fsp3) is 0.889. The molecule has 0 radical (unpaired) electrons. The Kier molecular flexibility index (Phi) is 5.63. The molecule has 0 aromatic carbocycles. The van der Waals surface area contributed by atoms with Crippen LogP contribution in [0.15, 0.2) is 0 Å². The molecule has 0 aliphatic heterocycles. The summed E-state index contributed by atoms with van der Waals surface area (Å²) in [4.78, 5) is 10.8. The highest BCUT2D eigenvalue weighted by Crippen LogP contribution is 2.36. The van der Waals surface area contributed by atoms with Crippen LogP contribution in [0.5, 0.6) is 0 Å². The lowest BCUT2D eigenvalue weighted by molar-refractivity contribution is -0.324. The molecular formula is C9H13F6NO3. The van der Waals surface area contributed by atoms with Crippen molar-refractivity contribution in [1.82, 2.24) is 5.32 Å². The average Bonchev–Trinajstić information content (AvgIpc) is 2.13. The van der Waals surface area contributed by atoms with Gasteiger partial charge in [0.1, 0.15) is 5.54 Å². The molecule has 0 aromatic heterocycles. The van der Waals surface area contributed by atoms with Crippen LogP contribution in [0, 0.1) is 0 Å². The van der Waals surface area contributed by atoms with Crippen molar-refractivity contribution in [2.45, 2.75) is 37.8 Å². The summed E-state index contributed by atoms with van der Waals surface area (Å²) in [6, 6.07) is 0. The average molecular weight is 297 g/mol. The molecule has 0 saturated carbocycles. The maximum Gasteiger partial charge on any atom is 0.423 e. The first-order valence-electron chi connectivity index (χ1n) is 5.08. The number of carboxylic acids is 1. The van der Waals surface area contributed by atoms with E-state index in [2.05, 4.69) is 10.1 Å². The molecule has 0 aliphatic carbocycles. The second kappa shape index (κ2) is 5.95. The van der Waals surface area contributed by atoms with Crippen LogP contribution in [0.3, 0.4) is 0 Å². The van der Waals surface area contributed by atoms with E-state index in [1.165, 1.54) is 6.92 Å². The number of rotatable bonds is 6. The van der Waals surface area contributed by atoms with E-state index in [9.17, 15) is 31.1 Å². The SMILES string of the molecule is CCNC(C)(COC(C(F)(F)F)C(F)(F)F)C(=O)O. The number of aliphatic carboxylic acids is 1. The first kappa shape index (κ1) is 18.0. The highest BCUT2D eigenvalue weighted by molar-refractivity contribution is 5.78. The Balaban J connectivity index is 4.95. The summed E-state index contributed by atoms with van der Waals surface area (Å²) in [7, 11) is 0. The van der Waals surface area contributed by atoms with Gasteiger partial charge in [0.15, 0.2) is 0 Å². The van der Waals surface area contributed by atoms with E-state index in [4.69, 9.17) is 5.11 Å². The summed E-state index contributed by atoms with van der Waals surface area (Å²) in [6.45, 7) is 1.14. The summed E-state index contributed by atoms with van der Waals surface area (Å²) in [5, 5.41) is 11.0. The minimum atomic E-state index is -5.66. The van der Waals surface area contributed by atoms with E-state index in [1.54, 1.807) is 0 Å². The second-order valence-corrected chi connectivity index (χ2v) is 3.94. The van der Waals surface area contributed by atoms with E-state index < -0.39 is 36.6 Å². The molecule has 0 rings (SSSR count). The molecular weight excluding hydrogens is 284 g/mol. The lowest BCUT2D eigenvalue weighted by Crippen LogP contribution is -2.56. The minimum Gasteiger partial charge on any atom is -0.480 e. The van der Waals surface area contributed by atoms with E-state index in [1.807, 2.05) is 0 Å². The quantitative estimate of drug-likeness (QED) is 0.736. The predicted octanol–water partition coefficient (Wildman–Crippen LogP) is 1.95. The second-order valence-electron chi connectivity index (χ2n) is 3.94. The molecule has 10 heteroatoms. The summed E-state index contributed by atoms with van der Waals surface area (Å²) < 4.78 is 76.7. The van der Waals surface area contributed by atoms with E-state index in [-0.39, 0.29) is 6.54 Å². The van der Waals surface area contributed by atoms with Gasteiger partial charge in [0.05, 0.1) is 6.61 Å². The van der Waals surface area contributed by atoms with E-state index in [0.717, 1.165) is 6.92 Å². The molecule has 0 aliphatic rings. The van der Waals surface area contributed by atoms with Gasteiger partial charge in [-0.3, -0.25) is 4.79 Å². The van der Waals surface area contributed by atoms with Crippen molar-refractivity contribution in [1.29, 1.82) is 0 Å². The molecule has 0 saturated heterocycles. The van der Waals surface area contributed by atoms with Gasteiger partial charge < -0.3 is 15.2 Å². The summed E-state index contributed by atoms with van der Waals surface area (Å²) in [5.41, 5.74) is -2.04. The third-order valence-corrected chi connectivity index (χ3v) is 2.17. The van der Waals surface area contributed by atoms with Gasteiger partial charge in [-0.05, 0) is 13.5 Å². The summed E-state index contributed by atoms with van der Waals surface area (Å²) >= 11 is 0. The molecule has 0 fully saturated rings. The van der Waals surface area contributed by atoms with Crippen LogP contribution in [0.2, 0.25) is 0 Å². The Morgan fingerprint density at radius 2 is 1.63 bits per heavy atom. The first-order chi connectivity index (χ1) is 8.34. The van der Waals surface area contributed by atoms with Crippen molar-refractivity contribution in [2.24, 2.45) is 0 Å². The highest BCUT2D eigenvalue weighted by atomic mass is 19.4. The lowest BCUT2D eigenvalue weighted by atomic mass is 10.0. The number of hydrogen-bond donors (Lipinski definition) is 2. The van der Waals surface area contributed by atoms with Crippen LogP contribution in [-0.4, -0.2) is 48.2 Å². The molecule has 114 valence electrons. The Morgan fingerprint density at radius 1 is 1.21 bits per heavy atom. The molecule has 0 heterocycles. The Labute approximate surface area is 104 Å². The lowest BCUT2D eigenvalue weighted by Gasteiger charge is -2.29. The van der Waals surface area contributed by atoms with Gasteiger partial charge >= 0.3 is 18.3 Å². The third-order valence-electron chi connectivity index (χ3n) is 2.17. The van der Waals surface area contributed by atoms with Crippen molar-refractivity contribution in [3.8, 4) is 0 Å². The molecule has 1 unspecified atom stereocenters. The Morgan fingerprint density at radius 3 is 1.89 bits per heavy atom. The Bertz CT molecular complexity index is 302. The van der Waals surface area contributed by atoms with Crippen LogP contribution >= 0.6 is 0 Å². The van der Waals surface area contributed by atoms with Crippen molar-refractivity contribution in [3.05, 3.63) is 0 Å². The van der Waals surface area contributed by atoms with Gasteiger partial charge in [0, 0.05) is 0 Å². The highest BCUT2D eigenvalue weighted by Gasteiger charge is 2.58. The predicted molar refractivity (Wildman–Crippen MR) is 51.6 cm³/mol. The maximum atomic E-state index is 12.2. The molecule has 1 atom stereocenters. The Hall–Kier alpha value is -1.03. The van der Waals surface area contributed by atoms with Gasteiger partial charge in [-0.2, -0.15) is 26.3 Å². The monoisotopic (exact) mass is 297 g/mol. The number of carboxylic acid groups (broad SMARTS) is 1. The standard InChI is InChI=1S/C9H13F6NO3/c1-3-16-7(2,6(17)18)4-19-5(8(10,11)12)9(13,14)15/h5,16H,3-4H2,1-2H3,(H,17,18). The molecule has 0 spiro atoms. The number of nitrogens with one attached hydrogen (secondary N) is 1. The molecule has 0 bridgehead atoms. The number of halogens is 6. The topological polar surface area (TPSA) is 58.6 Å². The number of hydrogen-bond acceptors (Lipinski definition) is 3. The summed E-state index contributed by atoms with van der Waals surface area (Å²) in [5.74, 6) is -1.61. The molecule has 0 amide bonds. The number of alkyl halides is 6. The van der Waals surface area contributed by atoms with Gasteiger partial charge in [-0.25, -0.2) is 0 Å². The van der Waals surface area contributed by atoms with Crippen LogP contribution in [0.4, 0.5) is 26.3 Å². The van der Waals surface area contributed by atoms with Crippen molar-refractivity contribution >= 4 is 5.97 Å². The van der Waals surface area contributed by atoms with Crippen LogP contribution in [0.1, 0.15) is 13.8 Å². The van der Waals surface area contributed by atoms with E-state index >= 15 is 0 Å². The zero-order valence-corrected chi connectivity index (χ0v) is 10.0. The number of likely N-dealkylation sites (N-methyl/N-ethyl adjacent to an activating group) is 1. The third kappa shape index (κ3) is 5.23. The normalized spacial score (nSPS) is 16.5. The van der Waals surface area contributed by atoms with Crippen LogP contribution < -0.4 is 5.32 Å². The van der Waals surface area contributed by atoms with E-state index in [0.29, 0.717) is 0 Å². The smallest absolute Gasteiger partial charge is 0.423 e. The van der Waals surface area contributed by atoms with Crippen molar-refractivity contribution in [2.75, 3.05) is 13.2 Å². The molecule has 0 aromatic rings. The minimum absolute atomic E-state index is 0.0366. The van der Waals surface area contributed by atoms with Crippen LogP contribution in [-0.2, 0) is 9.53 Å². The van der Waals surface area contributed by atoms with Gasteiger partial charge in [0.2, 0.25) is 6.10 Å².